The number of rotatable bonds is 6. The fraction of sp³-hybridized carbons (Fsp3) is 0.158. The molecule has 2 aromatic carbocycles. The van der Waals surface area contributed by atoms with Gasteiger partial charge in [0.2, 0.25) is 5.91 Å². The van der Waals surface area contributed by atoms with Crippen LogP contribution in [-0.4, -0.2) is 26.4 Å². The average molecular weight is 398 g/mol. The quantitative estimate of drug-likeness (QED) is 0.632. The molecular weight excluding hydrogens is 382 g/mol. The van der Waals surface area contributed by atoms with Gasteiger partial charge in [0.05, 0.1) is 11.3 Å². The number of hydrogen-bond donors (Lipinski definition) is 1. The third-order valence-electron chi connectivity index (χ3n) is 3.82. The van der Waals surface area contributed by atoms with Gasteiger partial charge in [0.25, 0.3) is 0 Å². The number of nitrogens with one attached hydrogen (secondary N) is 1. The molecule has 3 aromatic rings. The summed E-state index contributed by atoms with van der Waals surface area (Å²) in [6.45, 7) is 0. The Kier molecular flexibility index (Phi) is 6.12. The number of hydrogen-bond acceptors (Lipinski definition) is 5. The Labute approximate surface area is 166 Å². The molecule has 0 bridgehead atoms. The van der Waals surface area contributed by atoms with Crippen LogP contribution < -0.4 is 5.32 Å². The molecule has 0 aliphatic carbocycles. The molecule has 0 aliphatic heterocycles. The molecule has 1 amide bonds. The topological polar surface area (TPSA) is 83.6 Å². The van der Waals surface area contributed by atoms with E-state index in [0.717, 1.165) is 16.5 Å². The summed E-state index contributed by atoms with van der Waals surface area (Å²) in [5, 5.41) is 21.6. The number of carbonyl (C=O) groups excluding carboxylic acids is 1. The summed E-state index contributed by atoms with van der Waals surface area (Å²) in [7, 11) is 1.88. The highest BCUT2D eigenvalue weighted by Gasteiger charge is 2.12. The number of nitriles is 1. The van der Waals surface area contributed by atoms with E-state index in [-0.39, 0.29) is 5.91 Å². The van der Waals surface area contributed by atoms with Gasteiger partial charge in [-0.3, -0.25) is 4.79 Å². The molecule has 0 aliphatic rings. The highest BCUT2D eigenvalue weighted by Crippen LogP contribution is 2.24. The van der Waals surface area contributed by atoms with Crippen molar-refractivity contribution < 1.29 is 4.79 Å². The molecule has 0 radical (unpaired) electrons. The predicted molar refractivity (Wildman–Crippen MR) is 107 cm³/mol. The lowest BCUT2D eigenvalue weighted by atomic mass is 10.2. The Hall–Kier alpha value is -2.82. The first-order valence-corrected chi connectivity index (χ1v) is 9.52. The Morgan fingerprint density at radius 1 is 1.22 bits per heavy atom. The lowest BCUT2D eigenvalue weighted by Crippen LogP contribution is -2.13. The number of anilines is 1. The van der Waals surface area contributed by atoms with Gasteiger partial charge in [0.1, 0.15) is 6.07 Å². The second-order valence-corrected chi connectivity index (χ2v) is 7.17. The highest BCUT2D eigenvalue weighted by atomic mass is 35.5. The van der Waals surface area contributed by atoms with Crippen molar-refractivity contribution in [1.82, 2.24) is 14.8 Å². The van der Waals surface area contributed by atoms with Crippen LogP contribution in [0, 0.1) is 11.3 Å². The molecule has 3 rings (SSSR count). The summed E-state index contributed by atoms with van der Waals surface area (Å²) in [4.78, 5) is 12.1. The van der Waals surface area contributed by atoms with E-state index in [1.54, 1.807) is 24.3 Å². The van der Waals surface area contributed by atoms with E-state index in [4.69, 9.17) is 16.9 Å². The maximum absolute atomic E-state index is 12.1. The zero-order valence-electron chi connectivity index (χ0n) is 14.5. The van der Waals surface area contributed by atoms with Gasteiger partial charge in [-0.05, 0) is 36.4 Å². The molecular formula is C19H16ClN5OS. The second-order valence-electron chi connectivity index (χ2n) is 5.68. The number of para-hydroxylation sites is 1. The average Bonchev–Trinajstić information content (AvgIpc) is 3.03. The van der Waals surface area contributed by atoms with Crippen LogP contribution in [0.1, 0.15) is 12.0 Å². The smallest absolute Gasteiger partial charge is 0.225 e. The summed E-state index contributed by atoms with van der Waals surface area (Å²) in [5.41, 5.74) is 1.89. The number of halogens is 1. The number of aromatic nitrogens is 3. The molecule has 0 fully saturated rings. The minimum atomic E-state index is -0.148. The third kappa shape index (κ3) is 4.67. The van der Waals surface area contributed by atoms with Crippen LogP contribution in [0.2, 0.25) is 5.02 Å². The Morgan fingerprint density at radius 2 is 1.96 bits per heavy atom. The van der Waals surface area contributed by atoms with E-state index in [9.17, 15) is 4.79 Å². The van der Waals surface area contributed by atoms with E-state index >= 15 is 0 Å². The SMILES string of the molecule is Cn1c(SCCC(=O)Nc2ccccc2C#N)nnc1-c1ccc(Cl)cc1. The standard InChI is InChI=1S/C19H16ClN5OS/c1-25-18(13-6-8-15(20)9-7-13)23-24-19(25)27-11-10-17(26)22-16-5-3-2-4-14(16)12-21/h2-9H,10-11H2,1H3,(H,22,26). The van der Waals surface area contributed by atoms with E-state index in [1.807, 2.05) is 35.9 Å². The Balaban J connectivity index is 1.57. The van der Waals surface area contributed by atoms with Gasteiger partial charge in [0.15, 0.2) is 11.0 Å². The number of benzene rings is 2. The van der Waals surface area contributed by atoms with Crippen molar-refractivity contribution in [3.05, 3.63) is 59.1 Å². The number of thioether (sulfide) groups is 1. The monoisotopic (exact) mass is 397 g/mol. The van der Waals surface area contributed by atoms with E-state index in [0.29, 0.717) is 28.4 Å². The van der Waals surface area contributed by atoms with Crippen LogP contribution in [0.3, 0.4) is 0 Å². The van der Waals surface area contributed by atoms with Gasteiger partial charge in [-0.15, -0.1) is 10.2 Å². The van der Waals surface area contributed by atoms with Gasteiger partial charge in [-0.25, -0.2) is 0 Å². The largest absolute Gasteiger partial charge is 0.325 e. The predicted octanol–water partition coefficient (Wildman–Crippen LogP) is 4.13. The summed E-state index contributed by atoms with van der Waals surface area (Å²) in [6.07, 6.45) is 0.299. The maximum Gasteiger partial charge on any atom is 0.225 e. The molecule has 0 saturated carbocycles. The van der Waals surface area contributed by atoms with Gasteiger partial charge in [-0.2, -0.15) is 5.26 Å². The van der Waals surface area contributed by atoms with Gasteiger partial charge >= 0.3 is 0 Å². The number of carbonyl (C=O) groups is 1. The summed E-state index contributed by atoms with van der Waals surface area (Å²) >= 11 is 7.37. The molecule has 1 aromatic heterocycles. The molecule has 136 valence electrons. The molecule has 8 heteroatoms. The summed E-state index contributed by atoms with van der Waals surface area (Å²) in [5.74, 6) is 1.14. The van der Waals surface area contributed by atoms with Crippen molar-refractivity contribution >= 4 is 35.0 Å². The molecule has 0 spiro atoms. The molecule has 1 heterocycles. The second kappa shape index (κ2) is 8.71. The van der Waals surface area contributed by atoms with Crippen molar-refractivity contribution in [3.63, 3.8) is 0 Å². The number of nitrogens with zero attached hydrogens (tertiary/aromatic N) is 4. The normalized spacial score (nSPS) is 10.4. The summed E-state index contributed by atoms with van der Waals surface area (Å²) in [6, 6.07) is 16.4. The maximum atomic E-state index is 12.1. The molecule has 1 N–H and O–H groups in total. The first-order valence-electron chi connectivity index (χ1n) is 8.15. The van der Waals surface area contributed by atoms with Crippen LogP contribution in [0.15, 0.2) is 53.7 Å². The number of amides is 1. The van der Waals surface area contributed by atoms with Gasteiger partial charge in [0, 0.05) is 29.8 Å². The van der Waals surface area contributed by atoms with Crippen molar-refractivity contribution in [1.29, 1.82) is 5.26 Å². The van der Waals surface area contributed by atoms with E-state index in [2.05, 4.69) is 21.6 Å². The van der Waals surface area contributed by atoms with Gasteiger partial charge in [-0.1, -0.05) is 35.5 Å². The first-order chi connectivity index (χ1) is 13.1. The van der Waals surface area contributed by atoms with E-state index < -0.39 is 0 Å². The highest BCUT2D eigenvalue weighted by molar-refractivity contribution is 7.99. The third-order valence-corrected chi connectivity index (χ3v) is 5.09. The van der Waals surface area contributed by atoms with Crippen LogP contribution in [0.4, 0.5) is 5.69 Å². The summed E-state index contributed by atoms with van der Waals surface area (Å²) < 4.78 is 1.89. The van der Waals surface area contributed by atoms with Crippen LogP contribution >= 0.6 is 23.4 Å². The molecule has 0 atom stereocenters. The van der Waals surface area contributed by atoms with Crippen molar-refractivity contribution in [2.45, 2.75) is 11.6 Å². The lowest BCUT2D eigenvalue weighted by molar-refractivity contribution is -0.115. The van der Waals surface area contributed by atoms with Crippen LogP contribution in [0.5, 0.6) is 0 Å². The Bertz CT molecular complexity index is 994. The first kappa shape index (κ1) is 19.0. The zero-order chi connectivity index (χ0) is 19.2. The van der Waals surface area contributed by atoms with Gasteiger partial charge < -0.3 is 9.88 Å². The molecule has 27 heavy (non-hydrogen) atoms. The fourth-order valence-corrected chi connectivity index (χ4v) is 3.40. The lowest BCUT2D eigenvalue weighted by Gasteiger charge is -2.07. The molecule has 6 nitrogen and oxygen atoms in total. The minimum absolute atomic E-state index is 0.148. The fourth-order valence-electron chi connectivity index (χ4n) is 2.43. The molecule has 0 unspecified atom stereocenters. The van der Waals surface area contributed by atoms with Crippen LogP contribution in [0.25, 0.3) is 11.4 Å². The minimum Gasteiger partial charge on any atom is -0.325 e. The van der Waals surface area contributed by atoms with Crippen LogP contribution in [-0.2, 0) is 11.8 Å². The van der Waals surface area contributed by atoms with Crippen molar-refractivity contribution in [3.8, 4) is 17.5 Å². The van der Waals surface area contributed by atoms with Crippen molar-refractivity contribution in [2.24, 2.45) is 7.05 Å². The zero-order valence-corrected chi connectivity index (χ0v) is 16.1. The molecule has 0 saturated heterocycles. The van der Waals surface area contributed by atoms with E-state index in [1.165, 1.54) is 11.8 Å². The Morgan fingerprint density at radius 3 is 2.70 bits per heavy atom. The van der Waals surface area contributed by atoms with Crippen molar-refractivity contribution in [2.75, 3.05) is 11.1 Å².